The summed E-state index contributed by atoms with van der Waals surface area (Å²) in [6, 6.07) is 3.65. The molecule has 184 valence electrons. The number of anilines is 1. The Balaban J connectivity index is 1.74. The lowest BCUT2D eigenvalue weighted by Crippen LogP contribution is -2.52. The van der Waals surface area contributed by atoms with Crippen molar-refractivity contribution in [1.82, 2.24) is 15.1 Å². The number of nitrogens with one attached hydrogen (secondary N) is 1. The van der Waals surface area contributed by atoms with Gasteiger partial charge >= 0.3 is 18.1 Å². The molecule has 0 aliphatic carbocycles. The van der Waals surface area contributed by atoms with Gasteiger partial charge in [-0.25, -0.2) is 0 Å². The SMILES string of the molecule is COC(=O)[C@H]1CC[C@@H](Nc2cc(C)c(-c3ccc(C(F)(F)F)cc3O)nn2)CN1CCC(=O)O. The van der Waals surface area contributed by atoms with Crippen LogP contribution in [0.4, 0.5) is 19.0 Å². The molecule has 1 aromatic carbocycles. The van der Waals surface area contributed by atoms with Gasteiger partial charge in [0.05, 0.1) is 24.8 Å². The molecule has 1 saturated heterocycles. The number of carboxylic acids is 1. The highest BCUT2D eigenvalue weighted by atomic mass is 19.4. The highest BCUT2D eigenvalue weighted by molar-refractivity contribution is 5.76. The quantitative estimate of drug-likeness (QED) is 0.511. The summed E-state index contributed by atoms with van der Waals surface area (Å²) in [7, 11) is 1.29. The summed E-state index contributed by atoms with van der Waals surface area (Å²) < 4.78 is 43.4. The molecule has 34 heavy (non-hydrogen) atoms. The van der Waals surface area contributed by atoms with Crippen LogP contribution in [0.3, 0.4) is 0 Å². The molecule has 9 nitrogen and oxygen atoms in total. The van der Waals surface area contributed by atoms with Gasteiger partial charge in [0.15, 0.2) is 0 Å². The summed E-state index contributed by atoms with van der Waals surface area (Å²) in [4.78, 5) is 24.8. The Morgan fingerprint density at radius 3 is 2.56 bits per heavy atom. The number of nitrogens with zero attached hydrogens (tertiary/aromatic N) is 3. The van der Waals surface area contributed by atoms with E-state index in [2.05, 4.69) is 15.5 Å². The minimum atomic E-state index is -4.57. The van der Waals surface area contributed by atoms with Crippen LogP contribution in [0.25, 0.3) is 11.3 Å². The van der Waals surface area contributed by atoms with E-state index >= 15 is 0 Å². The van der Waals surface area contributed by atoms with E-state index in [0.717, 1.165) is 12.1 Å². The molecule has 1 aliphatic heterocycles. The number of piperidine rings is 1. The Kier molecular flexibility index (Phi) is 7.60. The summed E-state index contributed by atoms with van der Waals surface area (Å²) >= 11 is 0. The van der Waals surface area contributed by atoms with E-state index in [1.165, 1.54) is 7.11 Å². The van der Waals surface area contributed by atoms with Crippen LogP contribution in [-0.4, -0.2) is 69.5 Å². The van der Waals surface area contributed by atoms with Crippen molar-refractivity contribution in [2.45, 2.75) is 44.4 Å². The molecule has 1 aliphatic rings. The average Bonchev–Trinajstić information content (AvgIpc) is 2.77. The molecule has 2 aromatic rings. The number of aliphatic carboxylic acids is 1. The van der Waals surface area contributed by atoms with Crippen molar-refractivity contribution in [2.24, 2.45) is 0 Å². The zero-order chi connectivity index (χ0) is 25.0. The van der Waals surface area contributed by atoms with Crippen LogP contribution in [0, 0.1) is 6.92 Å². The van der Waals surface area contributed by atoms with Crippen LogP contribution < -0.4 is 5.32 Å². The first-order valence-corrected chi connectivity index (χ1v) is 10.5. The molecule has 2 atom stereocenters. The minimum absolute atomic E-state index is 0.121. The first kappa shape index (κ1) is 25.2. The van der Waals surface area contributed by atoms with Crippen molar-refractivity contribution in [3.8, 4) is 17.0 Å². The summed E-state index contributed by atoms with van der Waals surface area (Å²) in [6.45, 7) is 2.26. The monoisotopic (exact) mass is 482 g/mol. The Labute approximate surface area is 193 Å². The molecule has 1 aromatic heterocycles. The van der Waals surface area contributed by atoms with Crippen molar-refractivity contribution in [3.05, 3.63) is 35.4 Å². The number of phenols is 1. The number of phenolic OH excluding ortho intramolecular Hbond substituents is 1. The number of carbonyl (C=O) groups excluding carboxylic acids is 1. The maximum Gasteiger partial charge on any atom is 0.416 e. The molecule has 3 N–H and O–H groups in total. The van der Waals surface area contributed by atoms with Crippen molar-refractivity contribution < 1.29 is 37.7 Å². The molecule has 0 saturated carbocycles. The zero-order valence-electron chi connectivity index (χ0n) is 18.6. The second kappa shape index (κ2) is 10.2. The van der Waals surface area contributed by atoms with Gasteiger partial charge in [0.25, 0.3) is 0 Å². The molecule has 2 heterocycles. The van der Waals surface area contributed by atoms with Gasteiger partial charge in [-0.15, -0.1) is 10.2 Å². The smallest absolute Gasteiger partial charge is 0.416 e. The van der Waals surface area contributed by atoms with Crippen molar-refractivity contribution in [2.75, 3.05) is 25.5 Å². The van der Waals surface area contributed by atoms with Crippen LogP contribution in [0.2, 0.25) is 0 Å². The molecule has 0 unspecified atom stereocenters. The number of rotatable bonds is 7. The number of aromatic hydroxyl groups is 1. The fraction of sp³-hybridized carbons (Fsp3) is 0.455. The number of benzene rings is 1. The second-order valence-corrected chi connectivity index (χ2v) is 8.09. The lowest BCUT2D eigenvalue weighted by Gasteiger charge is -2.38. The van der Waals surface area contributed by atoms with Crippen LogP contribution in [0.1, 0.15) is 30.4 Å². The number of likely N-dealkylation sites (tertiary alicyclic amines) is 1. The van der Waals surface area contributed by atoms with Crippen LogP contribution in [-0.2, 0) is 20.5 Å². The third-order valence-corrected chi connectivity index (χ3v) is 5.69. The van der Waals surface area contributed by atoms with Gasteiger partial charge in [-0.05, 0) is 49.6 Å². The highest BCUT2D eigenvalue weighted by Crippen LogP contribution is 2.37. The van der Waals surface area contributed by atoms with Crippen LogP contribution in [0.15, 0.2) is 24.3 Å². The van der Waals surface area contributed by atoms with Gasteiger partial charge in [-0.1, -0.05) is 0 Å². The Hall–Kier alpha value is -3.41. The molecule has 0 spiro atoms. The number of halogens is 3. The summed E-state index contributed by atoms with van der Waals surface area (Å²) in [5.41, 5.74) is -0.0107. The molecule has 0 radical (unpaired) electrons. The standard InChI is InChI=1S/C22H25F3N4O5/c1-12-9-18(27-28-20(12)15-5-3-13(10-17(15)30)22(23,24)25)26-14-4-6-16(21(33)34-2)29(11-14)8-7-19(31)32/h3,5,9-10,14,16,30H,4,6-8,11H2,1-2H3,(H,26,27)(H,31,32)/t14-,16-/m1/s1. The van der Waals surface area contributed by atoms with E-state index in [1.807, 2.05) is 0 Å². The number of ether oxygens (including phenoxy) is 1. The molecule has 12 heteroatoms. The summed E-state index contributed by atoms with van der Waals surface area (Å²) in [5, 5.41) is 30.5. The number of methoxy groups -OCH3 is 1. The number of carboxylic acid groups (broad SMARTS) is 1. The number of aromatic nitrogens is 2. The van der Waals surface area contributed by atoms with Crippen LogP contribution in [0.5, 0.6) is 5.75 Å². The van der Waals surface area contributed by atoms with E-state index in [4.69, 9.17) is 9.84 Å². The van der Waals surface area contributed by atoms with Gasteiger partial charge < -0.3 is 20.3 Å². The van der Waals surface area contributed by atoms with Crippen molar-refractivity contribution in [3.63, 3.8) is 0 Å². The lowest BCUT2D eigenvalue weighted by molar-refractivity contribution is -0.149. The average molecular weight is 482 g/mol. The maximum absolute atomic E-state index is 12.9. The second-order valence-electron chi connectivity index (χ2n) is 8.09. The largest absolute Gasteiger partial charge is 0.507 e. The van der Waals surface area contributed by atoms with E-state index in [1.54, 1.807) is 17.9 Å². The topological polar surface area (TPSA) is 125 Å². The summed E-state index contributed by atoms with van der Waals surface area (Å²) in [5.74, 6) is -1.53. The van der Waals surface area contributed by atoms with E-state index in [9.17, 15) is 27.9 Å². The first-order chi connectivity index (χ1) is 16.0. The van der Waals surface area contributed by atoms with E-state index in [-0.39, 0.29) is 30.3 Å². The van der Waals surface area contributed by atoms with Crippen molar-refractivity contribution >= 4 is 17.8 Å². The Bertz CT molecular complexity index is 1060. The lowest BCUT2D eigenvalue weighted by atomic mass is 9.97. The third-order valence-electron chi connectivity index (χ3n) is 5.69. The highest BCUT2D eigenvalue weighted by Gasteiger charge is 2.34. The Morgan fingerprint density at radius 2 is 1.97 bits per heavy atom. The third kappa shape index (κ3) is 5.93. The fourth-order valence-corrected chi connectivity index (χ4v) is 3.99. The number of aryl methyl sites for hydroxylation is 1. The zero-order valence-corrected chi connectivity index (χ0v) is 18.6. The number of carbonyl (C=O) groups is 2. The molecular formula is C22H25F3N4O5. The molecule has 0 amide bonds. The maximum atomic E-state index is 12.9. The molecular weight excluding hydrogens is 457 g/mol. The van der Waals surface area contributed by atoms with Gasteiger partial charge in [-0.3, -0.25) is 14.5 Å². The molecule has 3 rings (SSSR count). The minimum Gasteiger partial charge on any atom is -0.507 e. The van der Waals surface area contributed by atoms with Gasteiger partial charge in [-0.2, -0.15) is 13.2 Å². The predicted molar refractivity (Wildman–Crippen MR) is 115 cm³/mol. The molecule has 0 bridgehead atoms. The normalized spacial score (nSPS) is 19.0. The first-order valence-electron chi connectivity index (χ1n) is 10.5. The van der Waals surface area contributed by atoms with E-state index < -0.39 is 35.5 Å². The molecule has 1 fully saturated rings. The van der Waals surface area contributed by atoms with Gasteiger partial charge in [0.2, 0.25) is 0 Å². The van der Waals surface area contributed by atoms with Crippen LogP contribution >= 0.6 is 0 Å². The number of hydrogen-bond acceptors (Lipinski definition) is 8. The Morgan fingerprint density at radius 1 is 1.24 bits per heavy atom. The van der Waals surface area contributed by atoms with Crippen molar-refractivity contribution in [1.29, 1.82) is 0 Å². The number of hydrogen-bond donors (Lipinski definition) is 3. The number of esters is 1. The number of alkyl halides is 3. The van der Waals surface area contributed by atoms with Gasteiger partial charge in [0, 0.05) is 24.7 Å². The van der Waals surface area contributed by atoms with E-state index in [0.29, 0.717) is 36.8 Å². The fourth-order valence-electron chi connectivity index (χ4n) is 3.99. The summed E-state index contributed by atoms with van der Waals surface area (Å²) in [6.07, 6.45) is -3.63. The predicted octanol–water partition coefficient (Wildman–Crippen LogP) is 3.07. The van der Waals surface area contributed by atoms with Gasteiger partial charge in [0.1, 0.15) is 17.6 Å².